The third kappa shape index (κ3) is 5.11. The van der Waals surface area contributed by atoms with Crippen LogP contribution < -0.4 is 4.74 Å². The molecule has 0 radical (unpaired) electrons. The molecule has 2 N–H and O–H groups in total. The van der Waals surface area contributed by atoms with Crippen molar-refractivity contribution in [2.75, 3.05) is 7.11 Å². The van der Waals surface area contributed by atoms with E-state index in [1.807, 2.05) is 0 Å². The Kier molecular flexibility index (Phi) is 7.56. The fourth-order valence-electron chi connectivity index (χ4n) is 3.45. The van der Waals surface area contributed by atoms with Crippen molar-refractivity contribution in [1.29, 1.82) is 0 Å². The largest absolute Gasteiger partial charge is 0.507 e. The third-order valence-corrected chi connectivity index (χ3v) is 7.58. The first-order chi connectivity index (χ1) is 16.6. The molecule has 0 fully saturated rings. The highest BCUT2D eigenvalue weighted by molar-refractivity contribution is 9.11. The number of benzene rings is 3. The van der Waals surface area contributed by atoms with Crippen molar-refractivity contribution in [2.45, 2.75) is 0 Å². The highest BCUT2D eigenvalue weighted by Crippen LogP contribution is 2.41. The lowest BCUT2D eigenvalue weighted by Crippen LogP contribution is -2.11. The second-order valence-electron chi connectivity index (χ2n) is 7.33. The summed E-state index contributed by atoms with van der Waals surface area (Å²) in [5, 5.41) is 20.0. The molecule has 1 aliphatic rings. The van der Waals surface area contributed by atoms with E-state index >= 15 is 0 Å². The Hall–Kier alpha value is -2.40. The standard InChI is InChI=1S/C25H14Br4O6/c1-34-19-5-2-11(6-15(19)27)7-20-21(12-3-4-18(30)14(26)8-12)22(25(33)35-20)23(31)13-9-16(28)24(32)17(29)10-13/h2-10,30,32H,1H3/b20-7-. The van der Waals surface area contributed by atoms with E-state index in [1.54, 1.807) is 43.5 Å². The fourth-order valence-corrected chi connectivity index (χ4v) is 5.57. The topological polar surface area (TPSA) is 93.1 Å². The van der Waals surface area contributed by atoms with Crippen molar-refractivity contribution in [2.24, 2.45) is 0 Å². The van der Waals surface area contributed by atoms with Crippen molar-refractivity contribution in [3.05, 3.63) is 94.4 Å². The molecular weight excluding hydrogens is 716 g/mol. The van der Waals surface area contributed by atoms with Gasteiger partial charge >= 0.3 is 5.97 Å². The number of rotatable bonds is 5. The number of allylic oxidation sites excluding steroid dienone is 1. The smallest absolute Gasteiger partial charge is 0.348 e. The molecule has 10 heteroatoms. The fraction of sp³-hybridized carbons (Fsp3) is 0.0400. The first kappa shape index (κ1) is 25.7. The third-order valence-electron chi connectivity index (χ3n) is 5.12. The Morgan fingerprint density at radius 2 is 1.60 bits per heavy atom. The molecule has 0 atom stereocenters. The van der Waals surface area contributed by atoms with Gasteiger partial charge in [-0.25, -0.2) is 4.79 Å². The minimum Gasteiger partial charge on any atom is -0.507 e. The summed E-state index contributed by atoms with van der Waals surface area (Å²) in [4.78, 5) is 26.6. The monoisotopic (exact) mass is 726 g/mol. The van der Waals surface area contributed by atoms with Gasteiger partial charge in [-0.2, -0.15) is 0 Å². The number of hydrogen-bond donors (Lipinski definition) is 2. The molecule has 178 valence electrons. The summed E-state index contributed by atoms with van der Waals surface area (Å²) < 4.78 is 12.5. The van der Waals surface area contributed by atoms with Crippen LogP contribution in [-0.4, -0.2) is 29.1 Å². The number of carbonyl (C=O) groups is 2. The van der Waals surface area contributed by atoms with Crippen LogP contribution in [0.2, 0.25) is 0 Å². The van der Waals surface area contributed by atoms with Gasteiger partial charge < -0.3 is 19.7 Å². The Bertz CT molecular complexity index is 1440. The van der Waals surface area contributed by atoms with Crippen molar-refractivity contribution in [1.82, 2.24) is 0 Å². The maximum atomic E-state index is 13.5. The molecule has 0 unspecified atom stereocenters. The van der Waals surface area contributed by atoms with Gasteiger partial charge in [0.1, 0.15) is 28.6 Å². The molecule has 0 bridgehead atoms. The van der Waals surface area contributed by atoms with E-state index in [4.69, 9.17) is 9.47 Å². The van der Waals surface area contributed by atoms with Gasteiger partial charge in [-0.15, -0.1) is 0 Å². The summed E-state index contributed by atoms with van der Waals surface area (Å²) in [5.41, 5.74) is 1.44. The van der Waals surface area contributed by atoms with Crippen LogP contribution in [0.4, 0.5) is 0 Å². The molecule has 6 nitrogen and oxygen atoms in total. The lowest BCUT2D eigenvalue weighted by Gasteiger charge is -2.09. The number of carbonyl (C=O) groups excluding carboxylic acids is 2. The lowest BCUT2D eigenvalue weighted by atomic mass is 9.93. The maximum Gasteiger partial charge on any atom is 0.348 e. The van der Waals surface area contributed by atoms with Gasteiger partial charge in [-0.3, -0.25) is 4.79 Å². The summed E-state index contributed by atoms with van der Waals surface area (Å²) in [6.07, 6.45) is 1.64. The summed E-state index contributed by atoms with van der Waals surface area (Å²) in [6.45, 7) is 0. The van der Waals surface area contributed by atoms with Crippen LogP contribution in [0.25, 0.3) is 11.6 Å². The van der Waals surface area contributed by atoms with Gasteiger partial charge in [0.05, 0.1) is 25.0 Å². The van der Waals surface area contributed by atoms with Crippen LogP contribution in [0.5, 0.6) is 17.2 Å². The van der Waals surface area contributed by atoms with Crippen LogP contribution in [0.3, 0.4) is 0 Å². The van der Waals surface area contributed by atoms with E-state index in [-0.39, 0.29) is 42.9 Å². The predicted octanol–water partition coefficient (Wildman–Crippen LogP) is 7.39. The first-order valence-electron chi connectivity index (χ1n) is 9.84. The molecule has 0 aliphatic carbocycles. The molecule has 0 aromatic heterocycles. The minimum atomic E-state index is -0.812. The number of cyclic esters (lactones) is 1. The second kappa shape index (κ2) is 10.3. The number of esters is 1. The highest BCUT2D eigenvalue weighted by Gasteiger charge is 2.36. The number of aromatic hydroxyl groups is 2. The average Bonchev–Trinajstić information content (AvgIpc) is 3.13. The van der Waals surface area contributed by atoms with E-state index in [1.165, 1.54) is 18.2 Å². The van der Waals surface area contributed by atoms with Crippen LogP contribution in [0.15, 0.2) is 77.8 Å². The quantitative estimate of drug-likeness (QED) is 0.162. The Morgan fingerprint density at radius 3 is 2.20 bits per heavy atom. The number of hydrogen-bond acceptors (Lipinski definition) is 6. The van der Waals surface area contributed by atoms with Crippen LogP contribution in [0.1, 0.15) is 21.5 Å². The Labute approximate surface area is 233 Å². The van der Waals surface area contributed by atoms with Gasteiger partial charge in [0.2, 0.25) is 5.78 Å². The van der Waals surface area contributed by atoms with Gasteiger partial charge in [0.15, 0.2) is 0 Å². The number of phenols is 2. The Morgan fingerprint density at radius 1 is 0.914 bits per heavy atom. The van der Waals surface area contributed by atoms with E-state index in [0.29, 0.717) is 25.8 Å². The Balaban J connectivity index is 1.93. The predicted molar refractivity (Wildman–Crippen MR) is 145 cm³/mol. The minimum absolute atomic E-state index is 0.00322. The molecule has 4 rings (SSSR count). The number of methoxy groups -OCH3 is 1. The molecule has 0 amide bonds. The zero-order valence-electron chi connectivity index (χ0n) is 17.7. The van der Waals surface area contributed by atoms with Gasteiger partial charge in [0, 0.05) is 11.1 Å². The van der Waals surface area contributed by atoms with Crippen LogP contribution >= 0.6 is 63.7 Å². The van der Waals surface area contributed by atoms with E-state index in [9.17, 15) is 19.8 Å². The van der Waals surface area contributed by atoms with Crippen molar-refractivity contribution < 1.29 is 29.3 Å². The van der Waals surface area contributed by atoms with Gasteiger partial charge in [-0.1, -0.05) is 12.1 Å². The summed E-state index contributed by atoms with van der Waals surface area (Å²) in [7, 11) is 1.55. The number of halogens is 4. The molecular formula is C25H14Br4O6. The molecule has 0 spiro atoms. The molecule has 0 saturated carbocycles. The van der Waals surface area contributed by atoms with Crippen molar-refractivity contribution >= 4 is 87.1 Å². The molecule has 1 heterocycles. The number of ether oxygens (including phenoxy) is 2. The average molecular weight is 730 g/mol. The molecule has 1 aliphatic heterocycles. The molecule has 3 aromatic carbocycles. The number of Topliss-reactive ketones (excluding diaryl/α,β-unsaturated/α-hetero) is 1. The van der Waals surface area contributed by atoms with Crippen molar-refractivity contribution in [3.63, 3.8) is 0 Å². The zero-order chi connectivity index (χ0) is 25.4. The normalized spacial score (nSPS) is 14.4. The second-order valence-corrected chi connectivity index (χ2v) is 10.7. The van der Waals surface area contributed by atoms with Gasteiger partial charge in [0.25, 0.3) is 0 Å². The maximum absolute atomic E-state index is 13.5. The number of phenolic OH excluding ortho intramolecular Hbond substituents is 2. The highest BCUT2D eigenvalue weighted by atomic mass is 79.9. The van der Waals surface area contributed by atoms with Crippen LogP contribution in [0, 0.1) is 0 Å². The van der Waals surface area contributed by atoms with E-state index in [2.05, 4.69) is 63.7 Å². The van der Waals surface area contributed by atoms with E-state index in [0.717, 1.165) is 0 Å². The zero-order valence-corrected chi connectivity index (χ0v) is 24.1. The van der Waals surface area contributed by atoms with Crippen LogP contribution in [-0.2, 0) is 9.53 Å². The SMILES string of the molecule is COc1ccc(/C=C2\OC(=O)C(C(=O)c3cc(Br)c(O)c(Br)c3)=C2c2ccc(O)c(Br)c2)cc1Br. The van der Waals surface area contributed by atoms with E-state index < -0.39 is 11.8 Å². The molecule has 35 heavy (non-hydrogen) atoms. The summed E-state index contributed by atoms with van der Waals surface area (Å²) in [5.74, 6) is -0.664. The molecule has 3 aromatic rings. The number of ketones is 1. The summed E-state index contributed by atoms with van der Waals surface area (Å²) >= 11 is 13.2. The van der Waals surface area contributed by atoms with Gasteiger partial charge in [-0.05, 0) is 117 Å². The van der Waals surface area contributed by atoms with Crippen molar-refractivity contribution in [3.8, 4) is 17.2 Å². The lowest BCUT2D eigenvalue weighted by molar-refractivity contribution is -0.132. The summed E-state index contributed by atoms with van der Waals surface area (Å²) in [6, 6.07) is 12.8. The molecule has 0 saturated heterocycles. The first-order valence-corrected chi connectivity index (χ1v) is 13.0.